The molecule has 0 spiro atoms. The van der Waals surface area contributed by atoms with Crippen molar-refractivity contribution in [1.82, 2.24) is 10.6 Å². The Morgan fingerprint density at radius 3 is 2.21 bits per heavy atom. The van der Waals surface area contributed by atoms with E-state index in [2.05, 4.69) is 15.4 Å². The summed E-state index contributed by atoms with van der Waals surface area (Å²) in [7, 11) is 1.10. The van der Waals surface area contributed by atoms with Gasteiger partial charge in [-0.05, 0) is 5.56 Å². The first-order valence-corrected chi connectivity index (χ1v) is 7.09. The molecule has 0 saturated carbocycles. The minimum Gasteiger partial charge on any atom is -0.467 e. The fraction of sp³-hybridized carbons (Fsp3) is 0.400. The summed E-state index contributed by atoms with van der Waals surface area (Å²) in [6.07, 6.45) is -0.910. The lowest BCUT2D eigenvalue weighted by Gasteiger charge is -2.19. The third-order valence-corrected chi connectivity index (χ3v) is 2.99. The number of ether oxygens (including phenoxy) is 2. The van der Waals surface area contributed by atoms with Crippen LogP contribution in [0.25, 0.3) is 0 Å². The largest absolute Gasteiger partial charge is 0.467 e. The van der Waals surface area contributed by atoms with Gasteiger partial charge in [-0.3, -0.25) is 4.79 Å². The molecule has 0 fully saturated rings. The van der Waals surface area contributed by atoms with Crippen LogP contribution < -0.4 is 10.6 Å². The van der Waals surface area contributed by atoms with Gasteiger partial charge >= 0.3 is 12.1 Å². The third kappa shape index (κ3) is 6.23. The first-order chi connectivity index (χ1) is 11.5. The van der Waals surface area contributed by atoms with Crippen molar-refractivity contribution in [3.63, 3.8) is 0 Å². The van der Waals surface area contributed by atoms with Crippen LogP contribution in [-0.4, -0.2) is 60.6 Å². The number of rotatable bonds is 8. The Balaban J connectivity index is 2.51. The van der Waals surface area contributed by atoms with Crippen molar-refractivity contribution < 1.29 is 34.1 Å². The summed E-state index contributed by atoms with van der Waals surface area (Å²) in [4.78, 5) is 34.9. The molecule has 24 heavy (non-hydrogen) atoms. The second-order valence-electron chi connectivity index (χ2n) is 4.71. The van der Waals surface area contributed by atoms with Gasteiger partial charge in [-0.2, -0.15) is 0 Å². The van der Waals surface area contributed by atoms with E-state index in [9.17, 15) is 19.5 Å². The Hall–Kier alpha value is -2.65. The number of hydrogen-bond donors (Lipinski definition) is 4. The maximum Gasteiger partial charge on any atom is 0.408 e. The molecular formula is C15H20N2O7. The highest BCUT2D eigenvalue weighted by Crippen LogP contribution is 2.01. The van der Waals surface area contributed by atoms with E-state index in [4.69, 9.17) is 9.84 Å². The Labute approximate surface area is 138 Å². The van der Waals surface area contributed by atoms with Crippen LogP contribution in [0.1, 0.15) is 5.56 Å². The van der Waals surface area contributed by atoms with Crippen LogP contribution >= 0.6 is 0 Å². The van der Waals surface area contributed by atoms with Crippen LogP contribution in [0.4, 0.5) is 4.79 Å². The van der Waals surface area contributed by atoms with Gasteiger partial charge in [-0.15, -0.1) is 0 Å². The zero-order valence-corrected chi connectivity index (χ0v) is 13.1. The summed E-state index contributed by atoms with van der Waals surface area (Å²) in [5.74, 6) is -1.71. The number of amides is 2. The van der Waals surface area contributed by atoms with Crippen molar-refractivity contribution in [3.05, 3.63) is 35.9 Å². The number of nitrogens with one attached hydrogen (secondary N) is 2. The first kappa shape index (κ1) is 19.4. The number of esters is 1. The summed E-state index contributed by atoms with van der Waals surface area (Å²) in [5, 5.41) is 22.6. The molecule has 0 aliphatic rings. The lowest BCUT2D eigenvalue weighted by molar-refractivity contribution is -0.146. The van der Waals surface area contributed by atoms with Crippen LogP contribution in [0.3, 0.4) is 0 Å². The second-order valence-corrected chi connectivity index (χ2v) is 4.71. The number of benzene rings is 1. The lowest BCUT2D eigenvalue weighted by atomic mass is 10.2. The van der Waals surface area contributed by atoms with Crippen LogP contribution in [0, 0.1) is 0 Å². The summed E-state index contributed by atoms with van der Waals surface area (Å²) in [5.41, 5.74) is 0.753. The van der Waals surface area contributed by atoms with Crippen LogP contribution in [0.5, 0.6) is 0 Å². The van der Waals surface area contributed by atoms with E-state index in [0.717, 1.165) is 12.7 Å². The van der Waals surface area contributed by atoms with Gasteiger partial charge in [0.05, 0.1) is 20.3 Å². The average molecular weight is 340 g/mol. The quantitative estimate of drug-likeness (QED) is 0.442. The normalized spacial score (nSPS) is 12.6. The van der Waals surface area contributed by atoms with Gasteiger partial charge in [0.15, 0.2) is 6.04 Å². The maximum absolute atomic E-state index is 11.9. The Kier molecular flexibility index (Phi) is 8.23. The maximum atomic E-state index is 11.9. The van der Waals surface area contributed by atoms with Crippen molar-refractivity contribution >= 4 is 18.0 Å². The summed E-state index contributed by atoms with van der Waals surface area (Å²) in [6.45, 7) is -1.41. The second kappa shape index (κ2) is 10.2. The molecule has 0 bridgehead atoms. The van der Waals surface area contributed by atoms with E-state index in [1.165, 1.54) is 0 Å². The molecular weight excluding hydrogens is 320 g/mol. The molecule has 0 saturated heterocycles. The van der Waals surface area contributed by atoms with Crippen molar-refractivity contribution in [3.8, 4) is 0 Å². The van der Waals surface area contributed by atoms with Gasteiger partial charge in [0.2, 0.25) is 5.91 Å². The van der Waals surface area contributed by atoms with Gasteiger partial charge in [0.25, 0.3) is 0 Å². The standard InChI is InChI=1S/C15H20N2O7/c1-23-14(21)12(8-19)16-13(20)11(7-18)17-15(22)24-9-10-5-3-2-4-6-10/h2-6,11-12,18-19H,7-9H2,1H3,(H,16,20)(H,17,22)/t11?,12-/m0/s1. The van der Waals surface area contributed by atoms with E-state index in [-0.39, 0.29) is 6.61 Å². The van der Waals surface area contributed by atoms with Crippen molar-refractivity contribution in [1.29, 1.82) is 0 Å². The Morgan fingerprint density at radius 2 is 1.67 bits per heavy atom. The van der Waals surface area contributed by atoms with Gasteiger partial charge in [-0.25, -0.2) is 9.59 Å². The fourth-order valence-electron chi connectivity index (χ4n) is 1.69. The number of hydrogen-bond acceptors (Lipinski definition) is 7. The van der Waals surface area contributed by atoms with E-state index >= 15 is 0 Å². The molecule has 4 N–H and O–H groups in total. The van der Waals surface area contributed by atoms with Crippen molar-refractivity contribution in [2.24, 2.45) is 0 Å². The van der Waals surface area contributed by atoms with Gasteiger partial charge < -0.3 is 30.3 Å². The summed E-state index contributed by atoms with van der Waals surface area (Å²) in [6, 6.07) is 6.25. The molecule has 0 aliphatic heterocycles. The number of methoxy groups -OCH3 is 1. The molecule has 132 valence electrons. The average Bonchev–Trinajstić information content (AvgIpc) is 2.62. The number of aliphatic hydroxyl groups excluding tert-OH is 2. The third-order valence-electron chi connectivity index (χ3n) is 2.99. The number of carbonyl (C=O) groups excluding carboxylic acids is 3. The van der Waals surface area contributed by atoms with Gasteiger partial charge in [0.1, 0.15) is 12.6 Å². The van der Waals surface area contributed by atoms with E-state index < -0.39 is 43.3 Å². The highest BCUT2D eigenvalue weighted by Gasteiger charge is 2.26. The van der Waals surface area contributed by atoms with Gasteiger partial charge in [-0.1, -0.05) is 30.3 Å². The van der Waals surface area contributed by atoms with Crippen LogP contribution in [0.15, 0.2) is 30.3 Å². The highest BCUT2D eigenvalue weighted by molar-refractivity contribution is 5.89. The Bertz CT molecular complexity index is 550. The molecule has 0 aliphatic carbocycles. The molecule has 0 aromatic heterocycles. The lowest BCUT2D eigenvalue weighted by Crippen LogP contribution is -2.54. The molecule has 2 atom stereocenters. The highest BCUT2D eigenvalue weighted by atomic mass is 16.5. The molecule has 2 amide bonds. The smallest absolute Gasteiger partial charge is 0.408 e. The minimum atomic E-state index is -1.34. The molecule has 0 radical (unpaired) electrons. The predicted molar refractivity (Wildman–Crippen MR) is 81.7 cm³/mol. The molecule has 1 aromatic carbocycles. The molecule has 1 rings (SSSR count). The Morgan fingerprint density at radius 1 is 1.04 bits per heavy atom. The van der Waals surface area contributed by atoms with E-state index in [0.29, 0.717) is 0 Å². The SMILES string of the molecule is COC(=O)[C@H](CO)NC(=O)C(CO)NC(=O)OCc1ccccc1. The molecule has 1 aromatic rings. The fourth-order valence-corrected chi connectivity index (χ4v) is 1.69. The minimum absolute atomic E-state index is 0.00608. The molecule has 1 unspecified atom stereocenters. The topological polar surface area (TPSA) is 134 Å². The summed E-state index contributed by atoms with van der Waals surface area (Å²) < 4.78 is 9.33. The van der Waals surface area contributed by atoms with Crippen molar-refractivity contribution in [2.75, 3.05) is 20.3 Å². The molecule has 9 nitrogen and oxygen atoms in total. The number of aliphatic hydroxyl groups is 2. The zero-order chi connectivity index (χ0) is 17.9. The van der Waals surface area contributed by atoms with Gasteiger partial charge in [0, 0.05) is 0 Å². The van der Waals surface area contributed by atoms with Crippen molar-refractivity contribution in [2.45, 2.75) is 18.7 Å². The number of carbonyl (C=O) groups is 3. The first-order valence-electron chi connectivity index (χ1n) is 7.09. The van der Waals surface area contributed by atoms with Crippen LogP contribution in [-0.2, 0) is 25.7 Å². The van der Waals surface area contributed by atoms with E-state index in [1.54, 1.807) is 24.3 Å². The molecule has 0 heterocycles. The van der Waals surface area contributed by atoms with Crippen LogP contribution in [0.2, 0.25) is 0 Å². The summed E-state index contributed by atoms with van der Waals surface area (Å²) >= 11 is 0. The zero-order valence-electron chi connectivity index (χ0n) is 13.1. The van der Waals surface area contributed by atoms with E-state index in [1.807, 2.05) is 6.07 Å². The monoisotopic (exact) mass is 340 g/mol. The predicted octanol–water partition coefficient (Wildman–Crippen LogP) is -1.08. The molecule has 9 heteroatoms. The number of alkyl carbamates (subject to hydrolysis) is 1.